The number of carbonyl (C=O) groups is 1. The average Bonchev–Trinajstić information content (AvgIpc) is 3.70. The monoisotopic (exact) mass is 719 g/mol. The predicted octanol–water partition coefficient (Wildman–Crippen LogP) is 8.84. The summed E-state index contributed by atoms with van der Waals surface area (Å²) in [5.74, 6) is 0.0443. The first-order valence-corrected chi connectivity index (χ1v) is 18.0. The Labute approximate surface area is 313 Å². The molecule has 53 heavy (non-hydrogen) atoms. The molecule has 0 saturated heterocycles. The van der Waals surface area contributed by atoms with E-state index in [1.807, 2.05) is 102 Å². The van der Waals surface area contributed by atoms with Crippen molar-refractivity contribution in [2.45, 2.75) is 38.3 Å². The summed E-state index contributed by atoms with van der Waals surface area (Å²) in [6.45, 7) is 2.34. The lowest BCUT2D eigenvalue weighted by molar-refractivity contribution is 0.0600. The van der Waals surface area contributed by atoms with Gasteiger partial charge in [0.1, 0.15) is 5.54 Å². The molecule has 0 spiro atoms. The van der Waals surface area contributed by atoms with Crippen LogP contribution < -0.4 is 5.56 Å². The van der Waals surface area contributed by atoms with Crippen LogP contribution in [0.1, 0.15) is 58.1 Å². The molecule has 0 fully saturated rings. The van der Waals surface area contributed by atoms with Gasteiger partial charge < -0.3 is 9.30 Å². The number of aryl methyl sites for hydroxylation is 1. The second-order valence-electron chi connectivity index (χ2n) is 12.8. The lowest BCUT2D eigenvalue weighted by atomic mass is 9.77. The molecule has 0 aliphatic rings. The van der Waals surface area contributed by atoms with Crippen LogP contribution in [-0.2, 0) is 23.2 Å². The summed E-state index contributed by atoms with van der Waals surface area (Å²) >= 11 is 7.03. The van der Waals surface area contributed by atoms with Gasteiger partial charge in [0, 0.05) is 22.3 Å². The highest BCUT2D eigenvalue weighted by Crippen LogP contribution is 2.43. The number of rotatable bonds is 12. The minimum absolute atomic E-state index is 0.246. The number of carbonyl (C=O) groups excluding carboxylic acids is 1. The Hall–Kier alpha value is -6.12. The van der Waals surface area contributed by atoms with E-state index in [1.54, 1.807) is 10.6 Å². The van der Waals surface area contributed by atoms with Crippen molar-refractivity contribution in [2.75, 3.05) is 7.11 Å². The maximum Gasteiger partial charge on any atom is 0.338 e. The number of hydrogen-bond acceptors (Lipinski definition) is 6. The molecule has 8 nitrogen and oxygen atoms in total. The molecule has 7 aromatic rings. The highest BCUT2D eigenvalue weighted by molar-refractivity contribution is 6.31. The fourth-order valence-electron chi connectivity index (χ4n) is 7.06. The van der Waals surface area contributed by atoms with Gasteiger partial charge in [0.05, 0.1) is 19.2 Å². The van der Waals surface area contributed by atoms with Crippen molar-refractivity contribution in [3.05, 3.63) is 194 Å². The van der Waals surface area contributed by atoms with Crippen LogP contribution in [-0.4, -0.2) is 37.9 Å². The van der Waals surface area contributed by atoms with Crippen LogP contribution in [0.4, 0.5) is 0 Å². The number of pyridine rings is 1. The average molecular weight is 720 g/mol. The second-order valence-corrected chi connectivity index (χ2v) is 13.2. The molecule has 5 aromatic carbocycles. The van der Waals surface area contributed by atoms with Gasteiger partial charge in [-0.25, -0.2) is 9.48 Å². The van der Waals surface area contributed by atoms with Gasteiger partial charge in [0.15, 0.2) is 5.82 Å². The highest BCUT2D eigenvalue weighted by Gasteiger charge is 2.42. The standard InChI is InChI=1S/C44H38ClN5O3/c1-3-4-22-37-27-33(43(52)53-2)29-41(51)49(37)30-32-26-25-31(28-40(32)45)38-23-14-15-24-39(38)42-46-47-48-50(42)44(34-16-8-5-9-17-34,35-18-10-6-11-19-35)36-20-12-7-13-21-36/h5-21,23-29H,3-4,22,30H2,1-2H3. The van der Waals surface area contributed by atoms with Crippen LogP contribution in [0.15, 0.2) is 150 Å². The number of methoxy groups -OCH3 is 1. The lowest BCUT2D eigenvalue weighted by Gasteiger charge is -2.36. The van der Waals surface area contributed by atoms with Gasteiger partial charge in [-0.3, -0.25) is 4.79 Å². The first-order valence-electron chi connectivity index (χ1n) is 17.6. The minimum Gasteiger partial charge on any atom is -0.465 e. The molecule has 9 heteroatoms. The van der Waals surface area contributed by atoms with Gasteiger partial charge in [0.2, 0.25) is 0 Å². The van der Waals surface area contributed by atoms with Crippen molar-refractivity contribution in [1.29, 1.82) is 0 Å². The van der Waals surface area contributed by atoms with Gasteiger partial charge in [-0.1, -0.05) is 152 Å². The zero-order chi connectivity index (χ0) is 36.8. The zero-order valence-electron chi connectivity index (χ0n) is 29.5. The third-order valence-corrected chi connectivity index (χ3v) is 10.00. The molecular formula is C44H38ClN5O3. The molecular weight excluding hydrogens is 682 g/mol. The van der Waals surface area contributed by atoms with E-state index in [-0.39, 0.29) is 17.7 Å². The Bertz CT molecular complexity index is 2310. The quantitative estimate of drug-likeness (QED) is 0.0926. The van der Waals surface area contributed by atoms with Crippen molar-refractivity contribution in [3.63, 3.8) is 0 Å². The van der Waals surface area contributed by atoms with Crippen LogP contribution in [0.2, 0.25) is 5.02 Å². The third kappa shape index (κ3) is 6.81. The number of unbranched alkanes of at least 4 members (excludes halogenated alkanes) is 1. The minimum atomic E-state index is -0.913. The normalized spacial score (nSPS) is 11.4. The van der Waals surface area contributed by atoms with Crippen molar-refractivity contribution in [2.24, 2.45) is 0 Å². The Morgan fingerprint density at radius 3 is 1.91 bits per heavy atom. The van der Waals surface area contributed by atoms with E-state index in [4.69, 9.17) is 21.6 Å². The number of nitrogens with zero attached hydrogens (tertiary/aromatic N) is 5. The first kappa shape index (κ1) is 35.3. The number of hydrogen-bond donors (Lipinski definition) is 0. The van der Waals surface area contributed by atoms with E-state index in [1.165, 1.54) is 13.2 Å². The predicted molar refractivity (Wildman–Crippen MR) is 208 cm³/mol. The summed E-state index contributed by atoms with van der Waals surface area (Å²) in [5, 5.41) is 14.2. The van der Waals surface area contributed by atoms with E-state index in [0.717, 1.165) is 57.5 Å². The number of aromatic nitrogens is 5. The molecule has 0 saturated carbocycles. The molecule has 0 unspecified atom stereocenters. The number of ether oxygens (including phenoxy) is 1. The maximum atomic E-state index is 13.3. The molecule has 0 radical (unpaired) electrons. The third-order valence-electron chi connectivity index (χ3n) is 9.64. The van der Waals surface area contributed by atoms with Gasteiger partial charge in [0.25, 0.3) is 5.56 Å². The summed E-state index contributed by atoms with van der Waals surface area (Å²) in [6, 6.07) is 47.8. The molecule has 0 bridgehead atoms. The summed E-state index contributed by atoms with van der Waals surface area (Å²) in [4.78, 5) is 25.6. The van der Waals surface area contributed by atoms with E-state index in [9.17, 15) is 9.59 Å². The SMILES string of the molecule is CCCCc1cc(C(=O)OC)cc(=O)n1Cc1ccc(-c2ccccc2-c2nnnn2C(c2ccccc2)(c2ccccc2)c2ccccc2)cc1Cl. The summed E-state index contributed by atoms with van der Waals surface area (Å²) in [7, 11) is 1.31. The van der Waals surface area contributed by atoms with Crippen LogP contribution >= 0.6 is 11.6 Å². The van der Waals surface area contributed by atoms with Crippen LogP contribution in [0.3, 0.4) is 0 Å². The first-order chi connectivity index (χ1) is 25.9. The largest absolute Gasteiger partial charge is 0.465 e. The topological polar surface area (TPSA) is 91.9 Å². The smallest absolute Gasteiger partial charge is 0.338 e. The molecule has 0 atom stereocenters. The lowest BCUT2D eigenvalue weighted by Crippen LogP contribution is -2.39. The summed E-state index contributed by atoms with van der Waals surface area (Å²) in [5.41, 5.74) is 6.18. The molecule has 2 aromatic heterocycles. The number of tetrazole rings is 1. The fraction of sp³-hybridized carbons (Fsp3) is 0.159. The van der Waals surface area contributed by atoms with E-state index in [2.05, 4.69) is 53.6 Å². The molecule has 0 N–H and O–H groups in total. The van der Waals surface area contributed by atoms with Gasteiger partial charge >= 0.3 is 5.97 Å². The Balaban J connectivity index is 1.34. The molecule has 0 aliphatic carbocycles. The number of benzene rings is 5. The second kappa shape index (κ2) is 15.6. The van der Waals surface area contributed by atoms with E-state index >= 15 is 0 Å². The van der Waals surface area contributed by atoms with Gasteiger partial charge in [-0.15, -0.1) is 5.10 Å². The van der Waals surface area contributed by atoms with E-state index in [0.29, 0.717) is 17.3 Å². The molecule has 0 aliphatic heterocycles. The molecule has 7 rings (SSSR count). The van der Waals surface area contributed by atoms with Crippen LogP contribution in [0.25, 0.3) is 22.5 Å². The zero-order valence-corrected chi connectivity index (χ0v) is 30.3. The summed E-state index contributed by atoms with van der Waals surface area (Å²) < 4.78 is 8.49. The van der Waals surface area contributed by atoms with Gasteiger partial charge in [-0.2, -0.15) is 0 Å². The maximum absolute atomic E-state index is 13.3. The molecule has 2 heterocycles. The summed E-state index contributed by atoms with van der Waals surface area (Å²) in [6.07, 6.45) is 2.45. The van der Waals surface area contributed by atoms with Crippen LogP contribution in [0, 0.1) is 0 Å². The van der Waals surface area contributed by atoms with Gasteiger partial charge in [-0.05, 0) is 68.8 Å². The van der Waals surface area contributed by atoms with Crippen molar-refractivity contribution >= 4 is 17.6 Å². The number of esters is 1. The number of halogens is 1. The highest BCUT2D eigenvalue weighted by atomic mass is 35.5. The van der Waals surface area contributed by atoms with Crippen molar-refractivity contribution in [1.82, 2.24) is 24.8 Å². The molecule has 264 valence electrons. The Kier molecular flexibility index (Phi) is 10.4. The van der Waals surface area contributed by atoms with Crippen molar-refractivity contribution in [3.8, 4) is 22.5 Å². The Morgan fingerprint density at radius 2 is 1.34 bits per heavy atom. The van der Waals surface area contributed by atoms with E-state index < -0.39 is 11.5 Å². The Morgan fingerprint density at radius 1 is 0.755 bits per heavy atom. The fourth-order valence-corrected chi connectivity index (χ4v) is 7.30. The van der Waals surface area contributed by atoms with Crippen molar-refractivity contribution < 1.29 is 9.53 Å². The van der Waals surface area contributed by atoms with Crippen LogP contribution in [0.5, 0.6) is 0 Å². The molecule has 0 amide bonds.